The number of halogens is 1. The van der Waals surface area contributed by atoms with E-state index in [1.54, 1.807) is 0 Å². The highest BCUT2D eigenvalue weighted by Crippen LogP contribution is 2.35. The predicted octanol–water partition coefficient (Wildman–Crippen LogP) is 5.11. The lowest BCUT2D eigenvalue weighted by molar-refractivity contribution is -0.138. The number of anilines is 1. The lowest BCUT2D eigenvalue weighted by atomic mass is 9.93. The summed E-state index contributed by atoms with van der Waals surface area (Å²) in [4.78, 5) is 23.0. The first-order chi connectivity index (χ1) is 14.2. The maximum absolute atomic E-state index is 11.1. The van der Waals surface area contributed by atoms with Crippen molar-refractivity contribution < 1.29 is 9.90 Å². The van der Waals surface area contributed by atoms with Crippen molar-refractivity contribution in [3.05, 3.63) is 45.3 Å². The van der Waals surface area contributed by atoms with E-state index in [1.807, 2.05) is 6.92 Å². The molecule has 30 heavy (non-hydrogen) atoms. The van der Waals surface area contributed by atoms with E-state index in [-0.39, 0.29) is 12.3 Å². The zero-order valence-corrected chi connectivity index (χ0v) is 19.5. The molecule has 0 radical (unpaired) electrons. The van der Waals surface area contributed by atoms with Crippen molar-refractivity contribution in [1.82, 2.24) is 14.5 Å². The molecule has 1 saturated heterocycles. The van der Waals surface area contributed by atoms with Gasteiger partial charge >= 0.3 is 5.97 Å². The first-order valence-electron chi connectivity index (χ1n) is 10.3. The lowest BCUT2D eigenvalue weighted by Crippen LogP contribution is -2.35. The zero-order chi connectivity index (χ0) is 21.6. The molecule has 3 heterocycles. The highest BCUT2D eigenvalue weighted by molar-refractivity contribution is 9.10. The van der Waals surface area contributed by atoms with Crippen molar-refractivity contribution in [3.63, 3.8) is 0 Å². The zero-order valence-electron chi connectivity index (χ0n) is 17.9. The molecule has 1 aromatic carbocycles. The number of carboxylic acids is 1. The van der Waals surface area contributed by atoms with Gasteiger partial charge in [0, 0.05) is 30.2 Å². The van der Waals surface area contributed by atoms with Gasteiger partial charge in [0.05, 0.1) is 11.1 Å². The minimum Gasteiger partial charge on any atom is -0.481 e. The largest absolute Gasteiger partial charge is 0.481 e. The van der Waals surface area contributed by atoms with Crippen LogP contribution in [0.2, 0.25) is 0 Å². The van der Waals surface area contributed by atoms with E-state index >= 15 is 0 Å². The van der Waals surface area contributed by atoms with Crippen LogP contribution < -0.4 is 4.90 Å². The molecule has 3 aromatic rings. The van der Waals surface area contributed by atoms with E-state index < -0.39 is 5.97 Å². The fourth-order valence-corrected chi connectivity index (χ4v) is 5.35. The van der Waals surface area contributed by atoms with Crippen LogP contribution in [0.25, 0.3) is 16.7 Å². The Morgan fingerprint density at radius 1 is 1.10 bits per heavy atom. The van der Waals surface area contributed by atoms with E-state index in [9.17, 15) is 4.79 Å². The summed E-state index contributed by atoms with van der Waals surface area (Å²) in [5, 5.41) is 10.2. The Morgan fingerprint density at radius 2 is 1.73 bits per heavy atom. The molecular weight excluding hydrogens is 444 g/mol. The van der Waals surface area contributed by atoms with Gasteiger partial charge in [-0.15, -0.1) is 0 Å². The number of carbonyl (C=O) groups is 1. The molecule has 0 aliphatic carbocycles. The Balaban J connectivity index is 1.79. The van der Waals surface area contributed by atoms with E-state index in [0.29, 0.717) is 0 Å². The molecule has 0 amide bonds. The average molecular weight is 471 g/mol. The SMILES string of the molecule is Cc1nc(N2CCC(CC(=O)O)CC2)c2c(C)cn(-c3c(C)cc(Br)cc3C)c2n1. The van der Waals surface area contributed by atoms with E-state index in [2.05, 4.69) is 64.5 Å². The topological polar surface area (TPSA) is 71.2 Å². The fourth-order valence-electron chi connectivity index (χ4n) is 4.67. The van der Waals surface area contributed by atoms with E-state index in [1.165, 1.54) is 11.1 Å². The van der Waals surface area contributed by atoms with Crippen molar-refractivity contribution in [2.45, 2.75) is 47.0 Å². The van der Waals surface area contributed by atoms with Crippen molar-refractivity contribution in [1.29, 1.82) is 0 Å². The van der Waals surface area contributed by atoms with Crippen LogP contribution in [0, 0.1) is 33.6 Å². The molecule has 0 spiro atoms. The van der Waals surface area contributed by atoms with Gasteiger partial charge in [-0.1, -0.05) is 15.9 Å². The third-order valence-corrected chi connectivity index (χ3v) is 6.46. The number of hydrogen-bond donors (Lipinski definition) is 1. The second kappa shape index (κ2) is 8.02. The van der Waals surface area contributed by atoms with Gasteiger partial charge in [0.1, 0.15) is 11.6 Å². The summed E-state index contributed by atoms with van der Waals surface area (Å²) in [6, 6.07) is 4.26. The molecule has 1 aliphatic heterocycles. The maximum Gasteiger partial charge on any atom is 0.303 e. The van der Waals surface area contributed by atoms with Crippen LogP contribution in [0.15, 0.2) is 22.8 Å². The Hall–Kier alpha value is -2.41. The lowest BCUT2D eigenvalue weighted by Gasteiger charge is -2.32. The van der Waals surface area contributed by atoms with Gasteiger partial charge in [-0.2, -0.15) is 0 Å². The van der Waals surface area contributed by atoms with Crippen molar-refractivity contribution in [2.24, 2.45) is 5.92 Å². The average Bonchev–Trinajstić information content (AvgIpc) is 2.96. The predicted molar refractivity (Wildman–Crippen MR) is 123 cm³/mol. The minimum atomic E-state index is -0.707. The Bertz CT molecular complexity index is 1110. The number of nitrogens with zero attached hydrogens (tertiary/aromatic N) is 4. The molecule has 4 rings (SSSR count). The highest BCUT2D eigenvalue weighted by Gasteiger charge is 2.26. The number of aliphatic carboxylic acids is 1. The first kappa shape index (κ1) is 20.8. The second-order valence-corrected chi connectivity index (χ2v) is 9.31. The van der Waals surface area contributed by atoms with E-state index in [4.69, 9.17) is 15.1 Å². The molecular formula is C23H27BrN4O2. The second-order valence-electron chi connectivity index (χ2n) is 8.39. The summed E-state index contributed by atoms with van der Waals surface area (Å²) < 4.78 is 3.27. The van der Waals surface area contributed by atoms with Crippen LogP contribution in [-0.4, -0.2) is 38.7 Å². The quantitative estimate of drug-likeness (QED) is 0.573. The first-order valence-corrected chi connectivity index (χ1v) is 11.1. The number of benzene rings is 1. The van der Waals surface area contributed by atoms with Gasteiger partial charge < -0.3 is 14.6 Å². The van der Waals surface area contributed by atoms with Crippen LogP contribution in [0.3, 0.4) is 0 Å². The molecule has 2 aromatic heterocycles. The van der Waals surface area contributed by atoms with Crippen molar-refractivity contribution in [2.75, 3.05) is 18.0 Å². The third kappa shape index (κ3) is 3.83. The van der Waals surface area contributed by atoms with Crippen LogP contribution in [0.4, 0.5) is 5.82 Å². The number of aromatic nitrogens is 3. The molecule has 0 bridgehead atoms. The minimum absolute atomic E-state index is 0.246. The molecule has 158 valence electrons. The summed E-state index contributed by atoms with van der Waals surface area (Å²) >= 11 is 3.59. The normalized spacial score (nSPS) is 15.2. The summed E-state index contributed by atoms with van der Waals surface area (Å²) in [5.74, 6) is 1.25. The van der Waals surface area contributed by atoms with Crippen LogP contribution in [0.5, 0.6) is 0 Å². The van der Waals surface area contributed by atoms with Crippen LogP contribution >= 0.6 is 15.9 Å². The van der Waals surface area contributed by atoms with Gasteiger partial charge in [-0.25, -0.2) is 9.97 Å². The number of rotatable bonds is 4. The summed E-state index contributed by atoms with van der Waals surface area (Å²) in [7, 11) is 0. The van der Waals surface area contributed by atoms with Gasteiger partial charge in [0.2, 0.25) is 0 Å². The highest BCUT2D eigenvalue weighted by atomic mass is 79.9. The van der Waals surface area contributed by atoms with E-state index in [0.717, 1.165) is 64.3 Å². The molecule has 1 aliphatic rings. The van der Waals surface area contributed by atoms with Gasteiger partial charge in [-0.05, 0) is 75.3 Å². The molecule has 7 heteroatoms. The smallest absolute Gasteiger partial charge is 0.303 e. The number of aryl methyl sites for hydroxylation is 4. The number of fused-ring (bicyclic) bond motifs is 1. The molecule has 0 unspecified atom stereocenters. The molecule has 6 nitrogen and oxygen atoms in total. The van der Waals surface area contributed by atoms with Gasteiger partial charge in [-0.3, -0.25) is 4.79 Å². The Kier molecular flexibility index (Phi) is 5.57. The van der Waals surface area contributed by atoms with Gasteiger partial charge in [0.25, 0.3) is 0 Å². The molecule has 0 saturated carbocycles. The van der Waals surface area contributed by atoms with Crippen LogP contribution in [-0.2, 0) is 4.79 Å². The fraction of sp³-hybridized carbons (Fsp3) is 0.435. The third-order valence-electron chi connectivity index (χ3n) is 6.00. The van der Waals surface area contributed by atoms with Gasteiger partial charge in [0.15, 0.2) is 5.65 Å². The summed E-state index contributed by atoms with van der Waals surface area (Å²) in [6.07, 6.45) is 4.16. The Morgan fingerprint density at radius 3 is 2.33 bits per heavy atom. The van der Waals surface area contributed by atoms with Crippen LogP contribution in [0.1, 0.15) is 41.8 Å². The number of carboxylic acid groups (broad SMARTS) is 1. The van der Waals surface area contributed by atoms with Crippen molar-refractivity contribution >= 4 is 38.8 Å². The monoisotopic (exact) mass is 470 g/mol. The number of hydrogen-bond acceptors (Lipinski definition) is 4. The Labute approximate surface area is 185 Å². The maximum atomic E-state index is 11.1. The molecule has 0 atom stereocenters. The summed E-state index contributed by atoms with van der Waals surface area (Å²) in [5.41, 5.74) is 5.60. The molecule has 1 fully saturated rings. The van der Waals surface area contributed by atoms with Crippen molar-refractivity contribution in [3.8, 4) is 5.69 Å². The standard InChI is InChI=1S/C23H27BrN4O2/c1-13-9-18(24)10-14(2)21(13)28-12-15(3)20-22(25-16(4)26-23(20)28)27-7-5-17(6-8-27)11-19(29)30/h9-10,12,17H,5-8,11H2,1-4H3,(H,29,30). The molecule has 1 N–H and O–H groups in total. The summed E-state index contributed by atoms with van der Waals surface area (Å²) in [6.45, 7) is 9.94. The number of piperidine rings is 1.